The van der Waals surface area contributed by atoms with Crippen LogP contribution in [-0.4, -0.2) is 24.4 Å². The fraction of sp³-hybridized carbons (Fsp3) is 1.00. The van der Waals surface area contributed by atoms with Gasteiger partial charge in [-0.2, -0.15) is 13.2 Å². The van der Waals surface area contributed by atoms with Gasteiger partial charge in [0.2, 0.25) is 0 Å². The van der Waals surface area contributed by atoms with Crippen molar-refractivity contribution in [3.05, 3.63) is 0 Å². The van der Waals surface area contributed by atoms with Gasteiger partial charge in [0.25, 0.3) is 0 Å². The number of halogens is 3. The lowest BCUT2D eigenvalue weighted by Crippen LogP contribution is -2.45. The molecule has 0 bridgehead atoms. The molecule has 0 aromatic heterocycles. The van der Waals surface area contributed by atoms with Gasteiger partial charge in [0, 0.05) is 6.04 Å². The van der Waals surface area contributed by atoms with Gasteiger partial charge in [-0.25, -0.2) is 0 Å². The summed E-state index contributed by atoms with van der Waals surface area (Å²) in [6, 6.07) is -0.329. The molecule has 5 heteroatoms. The average molecular weight is 197 g/mol. The highest BCUT2D eigenvalue weighted by molar-refractivity contribution is 4.80. The second kappa shape index (κ2) is 3.84. The van der Waals surface area contributed by atoms with Crippen molar-refractivity contribution in [1.82, 2.24) is 0 Å². The summed E-state index contributed by atoms with van der Waals surface area (Å²) < 4.78 is 41.5. The Morgan fingerprint density at radius 1 is 1.38 bits per heavy atom. The molecule has 0 aromatic rings. The monoisotopic (exact) mass is 197 g/mol. The van der Waals surface area contributed by atoms with Crippen molar-refractivity contribution in [2.45, 2.75) is 50.6 Å². The summed E-state index contributed by atoms with van der Waals surface area (Å²) in [6.07, 6.45) is -5.07. The third kappa shape index (κ3) is 2.84. The molecule has 0 aliphatic carbocycles. The van der Waals surface area contributed by atoms with E-state index >= 15 is 0 Å². The fourth-order valence-corrected chi connectivity index (χ4v) is 1.48. The smallest absolute Gasteiger partial charge is 0.364 e. The topological polar surface area (TPSA) is 35.2 Å². The van der Waals surface area contributed by atoms with Crippen LogP contribution in [0.1, 0.15) is 26.2 Å². The Morgan fingerprint density at radius 2 is 2.00 bits per heavy atom. The second-order valence-electron chi connectivity index (χ2n) is 3.49. The summed E-state index contributed by atoms with van der Waals surface area (Å²) in [4.78, 5) is 0. The van der Waals surface area contributed by atoms with Crippen LogP contribution in [0.5, 0.6) is 0 Å². The van der Waals surface area contributed by atoms with Crippen LogP contribution in [0.15, 0.2) is 0 Å². The Morgan fingerprint density at radius 3 is 2.46 bits per heavy atom. The Labute approximate surface area is 75.2 Å². The molecule has 1 heterocycles. The van der Waals surface area contributed by atoms with Crippen molar-refractivity contribution in [2.24, 2.45) is 5.73 Å². The average Bonchev–Trinajstić information content (AvgIpc) is 2.03. The lowest BCUT2D eigenvalue weighted by atomic mass is 10.00. The van der Waals surface area contributed by atoms with E-state index in [0.29, 0.717) is 12.8 Å². The third-order valence-electron chi connectivity index (χ3n) is 2.25. The van der Waals surface area contributed by atoms with Crippen molar-refractivity contribution in [2.75, 3.05) is 0 Å². The van der Waals surface area contributed by atoms with Gasteiger partial charge in [0.05, 0.1) is 6.10 Å². The summed E-state index contributed by atoms with van der Waals surface area (Å²) in [5.74, 6) is 0. The molecule has 1 rings (SSSR count). The summed E-state index contributed by atoms with van der Waals surface area (Å²) in [7, 11) is 0. The van der Waals surface area contributed by atoms with Gasteiger partial charge in [0.15, 0.2) is 6.10 Å². The first kappa shape index (κ1) is 10.8. The van der Waals surface area contributed by atoms with E-state index in [4.69, 9.17) is 10.5 Å². The molecule has 1 saturated heterocycles. The Hall–Kier alpha value is -0.290. The number of hydrogen-bond acceptors (Lipinski definition) is 2. The minimum Gasteiger partial charge on any atom is -0.364 e. The lowest BCUT2D eigenvalue weighted by Gasteiger charge is -2.33. The molecule has 1 aliphatic heterocycles. The van der Waals surface area contributed by atoms with Gasteiger partial charge in [-0.15, -0.1) is 0 Å². The number of alkyl halides is 3. The first-order chi connectivity index (χ1) is 5.91. The van der Waals surface area contributed by atoms with Gasteiger partial charge >= 0.3 is 6.18 Å². The van der Waals surface area contributed by atoms with Crippen molar-refractivity contribution < 1.29 is 17.9 Å². The van der Waals surface area contributed by atoms with E-state index in [2.05, 4.69) is 0 Å². The maximum Gasteiger partial charge on any atom is 0.414 e. The zero-order valence-corrected chi connectivity index (χ0v) is 7.47. The van der Waals surface area contributed by atoms with Crippen molar-refractivity contribution in [3.8, 4) is 0 Å². The van der Waals surface area contributed by atoms with Crippen molar-refractivity contribution in [3.63, 3.8) is 0 Å². The van der Waals surface area contributed by atoms with Gasteiger partial charge in [0.1, 0.15) is 0 Å². The minimum absolute atomic E-state index is 0.0622. The molecule has 78 valence electrons. The van der Waals surface area contributed by atoms with Crippen LogP contribution in [-0.2, 0) is 4.74 Å². The largest absolute Gasteiger partial charge is 0.414 e. The van der Waals surface area contributed by atoms with Crippen LogP contribution in [0, 0.1) is 0 Å². The molecule has 1 aliphatic rings. The fourth-order valence-electron chi connectivity index (χ4n) is 1.48. The maximum absolute atomic E-state index is 12.2. The van der Waals surface area contributed by atoms with E-state index in [1.165, 1.54) is 0 Å². The number of ether oxygens (including phenoxy) is 1. The quantitative estimate of drug-likeness (QED) is 0.696. The zero-order valence-electron chi connectivity index (χ0n) is 7.47. The van der Waals surface area contributed by atoms with E-state index in [-0.39, 0.29) is 12.5 Å². The predicted molar refractivity (Wildman–Crippen MR) is 42.2 cm³/mol. The van der Waals surface area contributed by atoms with Crippen molar-refractivity contribution in [1.29, 1.82) is 0 Å². The van der Waals surface area contributed by atoms with Crippen molar-refractivity contribution >= 4 is 0 Å². The Kier molecular flexibility index (Phi) is 3.18. The lowest BCUT2D eigenvalue weighted by molar-refractivity contribution is -0.246. The molecule has 0 amide bonds. The zero-order chi connectivity index (χ0) is 10.1. The van der Waals surface area contributed by atoms with E-state index < -0.39 is 18.4 Å². The number of rotatable bonds is 1. The summed E-state index contributed by atoms with van der Waals surface area (Å²) in [6.45, 7) is 1.67. The highest BCUT2D eigenvalue weighted by atomic mass is 19.4. The molecule has 3 atom stereocenters. The molecule has 0 radical (unpaired) electrons. The molecule has 0 saturated carbocycles. The molecule has 2 N–H and O–H groups in total. The second-order valence-corrected chi connectivity index (χ2v) is 3.49. The van der Waals surface area contributed by atoms with Gasteiger partial charge in [-0.3, -0.25) is 0 Å². The normalized spacial score (nSPS) is 33.0. The molecule has 3 unspecified atom stereocenters. The molecule has 2 nitrogen and oxygen atoms in total. The van der Waals surface area contributed by atoms with Crippen LogP contribution in [0.25, 0.3) is 0 Å². The van der Waals surface area contributed by atoms with E-state index in [9.17, 15) is 13.2 Å². The van der Waals surface area contributed by atoms with Gasteiger partial charge in [-0.05, 0) is 26.2 Å². The first-order valence-corrected chi connectivity index (χ1v) is 4.39. The summed E-state index contributed by atoms with van der Waals surface area (Å²) in [5.41, 5.74) is 5.48. The van der Waals surface area contributed by atoms with E-state index in [1.54, 1.807) is 6.92 Å². The molecular weight excluding hydrogens is 183 g/mol. The third-order valence-corrected chi connectivity index (χ3v) is 2.25. The van der Waals surface area contributed by atoms with Gasteiger partial charge in [-0.1, -0.05) is 0 Å². The molecular formula is C8H14F3NO. The van der Waals surface area contributed by atoms with Crippen LogP contribution < -0.4 is 5.73 Å². The van der Waals surface area contributed by atoms with Gasteiger partial charge < -0.3 is 10.5 Å². The highest BCUT2D eigenvalue weighted by Crippen LogP contribution is 2.32. The standard InChI is InChI=1S/C8H14F3NO/c1-5(12)6-3-2-4-7(13-6)8(9,10)11/h5-7H,2-4,12H2,1H3. The molecule has 13 heavy (non-hydrogen) atoms. The molecule has 1 fully saturated rings. The Bertz CT molecular complexity index is 169. The van der Waals surface area contributed by atoms with Crippen LogP contribution >= 0.6 is 0 Å². The highest BCUT2D eigenvalue weighted by Gasteiger charge is 2.43. The van der Waals surface area contributed by atoms with E-state index in [1.807, 2.05) is 0 Å². The Balaban J connectivity index is 2.52. The van der Waals surface area contributed by atoms with Crippen LogP contribution in [0.4, 0.5) is 13.2 Å². The summed E-state index contributed by atoms with van der Waals surface area (Å²) >= 11 is 0. The number of hydrogen-bond donors (Lipinski definition) is 1. The minimum atomic E-state index is -4.24. The van der Waals surface area contributed by atoms with Crippen LogP contribution in [0.2, 0.25) is 0 Å². The molecule has 0 spiro atoms. The number of nitrogens with two attached hydrogens (primary N) is 1. The van der Waals surface area contributed by atoms with E-state index in [0.717, 1.165) is 0 Å². The molecule has 0 aromatic carbocycles. The maximum atomic E-state index is 12.2. The first-order valence-electron chi connectivity index (χ1n) is 4.39. The summed E-state index contributed by atoms with van der Waals surface area (Å²) in [5, 5.41) is 0. The predicted octanol–water partition coefficient (Wildman–Crippen LogP) is 1.83. The van der Waals surface area contributed by atoms with Crippen LogP contribution in [0.3, 0.4) is 0 Å². The SMILES string of the molecule is CC(N)C1CCCC(C(F)(F)F)O1.